The highest BCUT2D eigenvalue weighted by atomic mass is 16.5. The Balaban J connectivity index is 1.69. The summed E-state index contributed by atoms with van der Waals surface area (Å²) in [6.45, 7) is 12.6. The number of benzene rings is 1. The molecule has 2 aromatic rings. The molecular formula is C23H33N3O2. The molecule has 0 radical (unpaired) electrons. The zero-order valence-electron chi connectivity index (χ0n) is 17.8. The van der Waals surface area contributed by atoms with Crippen LogP contribution in [0, 0.1) is 25.2 Å². The molecule has 1 N–H and O–H groups in total. The largest absolute Gasteiger partial charge is 0.377 e. The molecule has 1 aromatic carbocycles. The van der Waals surface area contributed by atoms with Gasteiger partial charge in [0, 0.05) is 24.8 Å². The molecular weight excluding hydrogens is 350 g/mol. The number of ether oxygens (including phenoxy) is 1. The quantitative estimate of drug-likeness (QED) is 0.845. The van der Waals surface area contributed by atoms with Gasteiger partial charge in [-0.2, -0.15) is 5.10 Å². The van der Waals surface area contributed by atoms with Crippen LogP contribution < -0.4 is 5.32 Å². The van der Waals surface area contributed by atoms with Crippen LogP contribution in [0.25, 0.3) is 0 Å². The highest BCUT2D eigenvalue weighted by Crippen LogP contribution is 2.33. The second-order valence-electron chi connectivity index (χ2n) is 8.96. The number of carbonyl (C=O) groups excluding carboxylic acids is 1. The minimum absolute atomic E-state index is 0.0347. The third-order valence-electron chi connectivity index (χ3n) is 5.61. The lowest BCUT2D eigenvalue weighted by Gasteiger charge is -2.40. The average Bonchev–Trinajstić information content (AvgIpc) is 2.93. The van der Waals surface area contributed by atoms with Gasteiger partial charge in [0.25, 0.3) is 5.91 Å². The first-order valence-electron chi connectivity index (χ1n) is 10.2. The lowest BCUT2D eigenvalue weighted by molar-refractivity contribution is -0.0839. The molecule has 1 saturated heterocycles. The summed E-state index contributed by atoms with van der Waals surface area (Å²) < 4.78 is 7.96. The summed E-state index contributed by atoms with van der Waals surface area (Å²) in [5.74, 6) is 0.310. The molecule has 1 aromatic heterocycles. The van der Waals surface area contributed by atoms with Crippen molar-refractivity contribution in [3.63, 3.8) is 0 Å². The number of carbonyl (C=O) groups is 1. The Morgan fingerprint density at radius 2 is 1.96 bits per heavy atom. The molecule has 152 valence electrons. The van der Waals surface area contributed by atoms with Crippen LogP contribution in [0.2, 0.25) is 0 Å². The van der Waals surface area contributed by atoms with Crippen LogP contribution in [-0.4, -0.2) is 34.9 Å². The fourth-order valence-corrected chi connectivity index (χ4v) is 4.26. The van der Waals surface area contributed by atoms with Gasteiger partial charge in [-0.3, -0.25) is 9.48 Å². The molecule has 0 aliphatic carbocycles. The van der Waals surface area contributed by atoms with Crippen LogP contribution in [-0.2, 0) is 11.3 Å². The van der Waals surface area contributed by atoms with E-state index in [1.165, 1.54) is 5.56 Å². The van der Waals surface area contributed by atoms with E-state index in [0.29, 0.717) is 24.6 Å². The van der Waals surface area contributed by atoms with Crippen LogP contribution in [0.3, 0.4) is 0 Å². The fraction of sp³-hybridized carbons (Fsp3) is 0.565. The van der Waals surface area contributed by atoms with Crippen molar-refractivity contribution < 1.29 is 9.53 Å². The number of nitrogens with one attached hydrogen (secondary N) is 1. The van der Waals surface area contributed by atoms with Gasteiger partial charge in [-0.1, -0.05) is 51.1 Å². The average molecular weight is 384 g/mol. The summed E-state index contributed by atoms with van der Waals surface area (Å²) in [6.07, 6.45) is 2.32. The van der Waals surface area contributed by atoms with Gasteiger partial charge in [-0.15, -0.1) is 0 Å². The Bertz CT molecular complexity index is 805. The Hall–Kier alpha value is -2.14. The molecule has 2 heterocycles. The van der Waals surface area contributed by atoms with E-state index in [0.717, 1.165) is 30.8 Å². The van der Waals surface area contributed by atoms with E-state index in [2.05, 4.69) is 43.3 Å². The molecule has 1 fully saturated rings. The number of nitrogens with zero attached hydrogens (tertiary/aromatic N) is 2. The van der Waals surface area contributed by atoms with Gasteiger partial charge in [-0.25, -0.2) is 0 Å². The Morgan fingerprint density at radius 3 is 2.64 bits per heavy atom. The highest BCUT2D eigenvalue weighted by molar-refractivity contribution is 5.96. The van der Waals surface area contributed by atoms with Crippen molar-refractivity contribution in [1.29, 1.82) is 0 Å². The summed E-state index contributed by atoms with van der Waals surface area (Å²) in [5, 5.41) is 7.76. The molecule has 1 amide bonds. The van der Waals surface area contributed by atoms with Crippen molar-refractivity contribution >= 4 is 5.91 Å². The molecule has 0 spiro atoms. The summed E-state index contributed by atoms with van der Waals surface area (Å²) in [7, 11) is 0. The molecule has 2 unspecified atom stereocenters. The summed E-state index contributed by atoms with van der Waals surface area (Å²) in [4.78, 5) is 12.9. The van der Waals surface area contributed by atoms with Crippen molar-refractivity contribution in [2.24, 2.45) is 11.3 Å². The van der Waals surface area contributed by atoms with E-state index in [-0.39, 0.29) is 17.4 Å². The van der Waals surface area contributed by atoms with E-state index >= 15 is 0 Å². The van der Waals surface area contributed by atoms with Crippen LogP contribution in [0.15, 0.2) is 30.3 Å². The highest BCUT2D eigenvalue weighted by Gasteiger charge is 2.35. The summed E-state index contributed by atoms with van der Waals surface area (Å²) in [5.41, 5.74) is 3.62. The van der Waals surface area contributed by atoms with Crippen LogP contribution >= 0.6 is 0 Å². The summed E-state index contributed by atoms with van der Waals surface area (Å²) in [6, 6.07) is 10.2. The number of hydrogen-bond acceptors (Lipinski definition) is 3. The molecule has 3 rings (SSSR count). The lowest BCUT2D eigenvalue weighted by Crippen LogP contribution is -2.45. The van der Waals surface area contributed by atoms with Gasteiger partial charge < -0.3 is 10.1 Å². The first-order valence-corrected chi connectivity index (χ1v) is 10.2. The number of hydrogen-bond donors (Lipinski definition) is 1. The monoisotopic (exact) mass is 383 g/mol. The molecule has 1 aliphatic rings. The maximum atomic E-state index is 12.9. The van der Waals surface area contributed by atoms with E-state index < -0.39 is 0 Å². The van der Waals surface area contributed by atoms with E-state index in [1.807, 2.05) is 36.7 Å². The molecule has 0 bridgehead atoms. The first kappa shape index (κ1) is 20.6. The molecule has 2 atom stereocenters. The first-order chi connectivity index (χ1) is 13.3. The second-order valence-corrected chi connectivity index (χ2v) is 8.96. The van der Waals surface area contributed by atoms with E-state index in [1.54, 1.807) is 0 Å². The Kier molecular flexibility index (Phi) is 6.23. The van der Waals surface area contributed by atoms with Crippen LogP contribution in [0.5, 0.6) is 0 Å². The van der Waals surface area contributed by atoms with Crippen LogP contribution in [0.1, 0.15) is 60.9 Å². The van der Waals surface area contributed by atoms with Crippen molar-refractivity contribution in [2.45, 2.75) is 60.1 Å². The fourth-order valence-electron chi connectivity index (χ4n) is 4.26. The van der Waals surface area contributed by atoms with Gasteiger partial charge >= 0.3 is 0 Å². The third-order valence-corrected chi connectivity index (χ3v) is 5.61. The van der Waals surface area contributed by atoms with Crippen LogP contribution in [0.4, 0.5) is 0 Å². The minimum Gasteiger partial charge on any atom is -0.377 e. The van der Waals surface area contributed by atoms with Crippen molar-refractivity contribution in [2.75, 3.05) is 13.2 Å². The summed E-state index contributed by atoms with van der Waals surface area (Å²) >= 11 is 0. The molecule has 0 saturated carbocycles. The second kappa shape index (κ2) is 8.48. The minimum atomic E-state index is -0.0347. The number of aromatic nitrogens is 2. The zero-order valence-corrected chi connectivity index (χ0v) is 17.8. The van der Waals surface area contributed by atoms with Gasteiger partial charge in [-0.05, 0) is 37.7 Å². The number of amides is 1. The Morgan fingerprint density at radius 1 is 1.25 bits per heavy atom. The Labute approximate surface area is 168 Å². The zero-order chi connectivity index (χ0) is 20.3. The van der Waals surface area contributed by atoms with Gasteiger partial charge in [0.1, 0.15) is 0 Å². The predicted octanol–water partition coefficient (Wildman–Crippen LogP) is 4.12. The smallest absolute Gasteiger partial charge is 0.255 e. The maximum absolute atomic E-state index is 12.9. The van der Waals surface area contributed by atoms with Gasteiger partial charge in [0.2, 0.25) is 0 Å². The normalized spacial score (nSPS) is 20.2. The molecule has 5 nitrogen and oxygen atoms in total. The van der Waals surface area contributed by atoms with E-state index in [4.69, 9.17) is 4.74 Å². The van der Waals surface area contributed by atoms with Gasteiger partial charge in [0.15, 0.2) is 0 Å². The number of aryl methyl sites for hydroxylation is 1. The molecule has 5 heteroatoms. The third kappa shape index (κ3) is 4.64. The van der Waals surface area contributed by atoms with E-state index in [9.17, 15) is 4.79 Å². The predicted molar refractivity (Wildman–Crippen MR) is 111 cm³/mol. The number of rotatable bonds is 5. The van der Waals surface area contributed by atoms with Crippen molar-refractivity contribution in [3.8, 4) is 0 Å². The van der Waals surface area contributed by atoms with Gasteiger partial charge in [0.05, 0.1) is 23.9 Å². The standard InChI is InChI=1S/C23H33N3O2/c1-16-20(17(2)26(25-16)15-18-10-7-6-8-11-18)22(27)24-14-19-12-9-13-28-21(19)23(3,4)5/h6-8,10-11,19,21H,9,12-15H2,1-5H3,(H,24,27). The molecule has 1 aliphatic heterocycles. The topological polar surface area (TPSA) is 56.2 Å². The lowest BCUT2D eigenvalue weighted by atomic mass is 9.78. The maximum Gasteiger partial charge on any atom is 0.255 e. The van der Waals surface area contributed by atoms with Crippen molar-refractivity contribution in [3.05, 3.63) is 52.8 Å². The SMILES string of the molecule is Cc1nn(Cc2ccccc2)c(C)c1C(=O)NCC1CCCOC1C(C)(C)C. The van der Waals surface area contributed by atoms with Crippen molar-refractivity contribution in [1.82, 2.24) is 15.1 Å². The molecule has 28 heavy (non-hydrogen) atoms.